The Labute approximate surface area is 125 Å². The van der Waals surface area contributed by atoms with Gasteiger partial charge in [0, 0.05) is 17.7 Å². The van der Waals surface area contributed by atoms with Gasteiger partial charge in [0.25, 0.3) is 5.91 Å². The molecule has 0 spiro atoms. The SMILES string of the molecule is NS(=O)(=O)c1ccc(C(=O)NCc2c(F)cccc2F)cc1. The maximum atomic E-state index is 13.4. The van der Waals surface area contributed by atoms with Gasteiger partial charge in [0.2, 0.25) is 10.0 Å². The molecular formula is C14H12F2N2O3S. The number of benzene rings is 2. The molecule has 0 aromatic heterocycles. The van der Waals surface area contributed by atoms with Crippen molar-refractivity contribution in [1.29, 1.82) is 0 Å². The molecule has 5 nitrogen and oxygen atoms in total. The van der Waals surface area contributed by atoms with Gasteiger partial charge in [-0.1, -0.05) is 6.07 Å². The molecule has 0 aliphatic rings. The number of nitrogens with two attached hydrogens (primary N) is 1. The smallest absolute Gasteiger partial charge is 0.251 e. The molecule has 0 saturated carbocycles. The molecule has 0 aliphatic carbocycles. The van der Waals surface area contributed by atoms with Crippen molar-refractivity contribution in [1.82, 2.24) is 5.32 Å². The summed E-state index contributed by atoms with van der Waals surface area (Å²) in [5, 5.41) is 7.29. The van der Waals surface area contributed by atoms with E-state index in [4.69, 9.17) is 5.14 Å². The van der Waals surface area contributed by atoms with Crippen molar-refractivity contribution in [2.45, 2.75) is 11.4 Å². The molecule has 0 unspecified atom stereocenters. The number of hydrogen-bond acceptors (Lipinski definition) is 3. The molecule has 2 rings (SSSR count). The molecule has 0 radical (unpaired) electrons. The number of nitrogens with one attached hydrogen (secondary N) is 1. The quantitative estimate of drug-likeness (QED) is 0.893. The van der Waals surface area contributed by atoms with Crippen LogP contribution in [0.3, 0.4) is 0 Å². The highest BCUT2D eigenvalue weighted by Gasteiger charge is 2.12. The number of primary sulfonamides is 1. The Bertz CT molecular complexity index is 785. The minimum absolute atomic E-state index is 0.135. The summed E-state index contributed by atoms with van der Waals surface area (Å²) in [5.41, 5.74) is -0.110. The van der Waals surface area contributed by atoms with E-state index in [9.17, 15) is 22.0 Å². The first kappa shape index (κ1) is 16.1. The van der Waals surface area contributed by atoms with Crippen LogP contribution >= 0.6 is 0 Å². The molecule has 0 aliphatic heterocycles. The molecule has 2 aromatic rings. The Balaban J connectivity index is 2.10. The highest BCUT2D eigenvalue weighted by Crippen LogP contribution is 2.12. The van der Waals surface area contributed by atoms with Gasteiger partial charge in [0.1, 0.15) is 11.6 Å². The molecule has 8 heteroatoms. The van der Waals surface area contributed by atoms with Gasteiger partial charge < -0.3 is 5.32 Å². The van der Waals surface area contributed by atoms with Crippen LogP contribution in [-0.2, 0) is 16.6 Å². The first-order valence-electron chi connectivity index (χ1n) is 6.13. The zero-order valence-electron chi connectivity index (χ0n) is 11.2. The number of halogens is 2. The van der Waals surface area contributed by atoms with Crippen molar-refractivity contribution < 1.29 is 22.0 Å². The molecule has 0 fully saturated rings. The highest BCUT2D eigenvalue weighted by molar-refractivity contribution is 7.89. The minimum atomic E-state index is -3.84. The van der Waals surface area contributed by atoms with Gasteiger partial charge in [0.05, 0.1) is 4.90 Å². The Morgan fingerprint density at radius 3 is 2.09 bits per heavy atom. The van der Waals surface area contributed by atoms with E-state index in [1.807, 2.05) is 0 Å². The third-order valence-electron chi connectivity index (χ3n) is 2.93. The lowest BCUT2D eigenvalue weighted by atomic mass is 10.1. The lowest BCUT2D eigenvalue weighted by Crippen LogP contribution is -2.24. The van der Waals surface area contributed by atoms with Gasteiger partial charge in [0.15, 0.2) is 0 Å². The van der Waals surface area contributed by atoms with Gasteiger partial charge in [-0.15, -0.1) is 0 Å². The molecule has 0 atom stereocenters. The zero-order valence-corrected chi connectivity index (χ0v) is 12.0. The van der Waals surface area contributed by atoms with Crippen LogP contribution in [0, 0.1) is 11.6 Å². The zero-order chi connectivity index (χ0) is 16.3. The lowest BCUT2D eigenvalue weighted by Gasteiger charge is -2.08. The van der Waals surface area contributed by atoms with Crippen molar-refractivity contribution in [3.63, 3.8) is 0 Å². The molecule has 3 N–H and O–H groups in total. The lowest BCUT2D eigenvalue weighted by molar-refractivity contribution is 0.0950. The van der Waals surface area contributed by atoms with Crippen molar-refractivity contribution >= 4 is 15.9 Å². The molecule has 22 heavy (non-hydrogen) atoms. The summed E-state index contributed by atoms with van der Waals surface area (Å²) in [6.45, 7) is -0.325. The second-order valence-electron chi connectivity index (χ2n) is 4.45. The van der Waals surface area contributed by atoms with Crippen molar-refractivity contribution in [2.75, 3.05) is 0 Å². The van der Waals surface area contributed by atoms with Crippen LogP contribution in [0.5, 0.6) is 0 Å². The average Bonchev–Trinajstić information content (AvgIpc) is 2.46. The normalized spacial score (nSPS) is 11.2. The standard InChI is InChI=1S/C14H12F2N2O3S/c15-12-2-1-3-13(16)11(12)8-18-14(19)9-4-6-10(7-5-9)22(17,20)21/h1-7H,8H2,(H,18,19)(H2,17,20,21). The fourth-order valence-corrected chi connectivity index (χ4v) is 2.28. The second kappa shape index (κ2) is 6.20. The van der Waals surface area contributed by atoms with E-state index in [0.29, 0.717) is 0 Å². The maximum Gasteiger partial charge on any atom is 0.251 e. The third-order valence-corrected chi connectivity index (χ3v) is 3.86. The third kappa shape index (κ3) is 3.66. The Morgan fingerprint density at radius 2 is 1.59 bits per heavy atom. The Hall–Kier alpha value is -2.32. The van der Waals surface area contributed by atoms with Gasteiger partial charge >= 0.3 is 0 Å². The predicted molar refractivity (Wildman–Crippen MR) is 75.3 cm³/mol. The van der Waals surface area contributed by atoms with Crippen LogP contribution in [0.4, 0.5) is 8.78 Å². The van der Waals surface area contributed by atoms with E-state index >= 15 is 0 Å². The summed E-state index contributed by atoms with van der Waals surface area (Å²) in [7, 11) is -3.84. The molecule has 1 amide bonds. The second-order valence-corrected chi connectivity index (χ2v) is 6.01. The highest BCUT2D eigenvalue weighted by atomic mass is 32.2. The summed E-state index contributed by atoms with van der Waals surface area (Å²) >= 11 is 0. The summed E-state index contributed by atoms with van der Waals surface area (Å²) in [5.74, 6) is -2.11. The molecular weight excluding hydrogens is 314 g/mol. The first-order chi connectivity index (χ1) is 10.3. The molecule has 0 heterocycles. The Kier molecular flexibility index (Phi) is 4.53. The van der Waals surface area contributed by atoms with Crippen LogP contribution < -0.4 is 10.5 Å². The summed E-state index contributed by atoms with van der Waals surface area (Å²) in [6.07, 6.45) is 0. The maximum absolute atomic E-state index is 13.4. The van der Waals surface area contributed by atoms with E-state index in [1.165, 1.54) is 30.3 Å². The molecule has 116 valence electrons. The van der Waals surface area contributed by atoms with Gasteiger partial charge in [-0.25, -0.2) is 22.3 Å². The molecule has 2 aromatic carbocycles. The van der Waals surface area contributed by atoms with Crippen LogP contribution in [0.1, 0.15) is 15.9 Å². The van der Waals surface area contributed by atoms with E-state index < -0.39 is 27.6 Å². The van der Waals surface area contributed by atoms with Crippen molar-refractivity contribution in [2.24, 2.45) is 5.14 Å². The van der Waals surface area contributed by atoms with Gasteiger partial charge in [-0.05, 0) is 36.4 Å². The first-order valence-corrected chi connectivity index (χ1v) is 7.67. The average molecular weight is 326 g/mol. The number of hydrogen-bond donors (Lipinski definition) is 2. The summed E-state index contributed by atoms with van der Waals surface area (Å²) in [6, 6.07) is 8.26. The van der Waals surface area contributed by atoms with Crippen LogP contribution in [0.25, 0.3) is 0 Å². The number of sulfonamides is 1. The fourth-order valence-electron chi connectivity index (χ4n) is 1.77. The largest absolute Gasteiger partial charge is 0.348 e. The van der Waals surface area contributed by atoms with E-state index in [1.54, 1.807) is 0 Å². The number of carbonyl (C=O) groups excluding carboxylic acids is 1. The van der Waals surface area contributed by atoms with Gasteiger partial charge in [-0.2, -0.15) is 0 Å². The van der Waals surface area contributed by atoms with E-state index in [-0.39, 0.29) is 22.6 Å². The monoisotopic (exact) mass is 326 g/mol. The minimum Gasteiger partial charge on any atom is -0.348 e. The molecule has 0 bridgehead atoms. The fraction of sp³-hybridized carbons (Fsp3) is 0.0714. The number of amides is 1. The van der Waals surface area contributed by atoms with Crippen molar-refractivity contribution in [3.8, 4) is 0 Å². The predicted octanol–water partition coefficient (Wildman–Crippen LogP) is 1.54. The van der Waals surface area contributed by atoms with Crippen LogP contribution in [0.15, 0.2) is 47.4 Å². The summed E-state index contributed by atoms with van der Waals surface area (Å²) in [4.78, 5) is 11.7. The van der Waals surface area contributed by atoms with Crippen LogP contribution in [-0.4, -0.2) is 14.3 Å². The number of carbonyl (C=O) groups is 1. The summed E-state index contributed by atoms with van der Waals surface area (Å²) < 4.78 is 49.0. The number of rotatable bonds is 4. The van der Waals surface area contributed by atoms with Crippen molar-refractivity contribution in [3.05, 3.63) is 65.2 Å². The van der Waals surface area contributed by atoms with E-state index in [2.05, 4.69) is 5.32 Å². The molecule has 0 saturated heterocycles. The van der Waals surface area contributed by atoms with E-state index in [0.717, 1.165) is 12.1 Å². The van der Waals surface area contributed by atoms with Gasteiger partial charge in [-0.3, -0.25) is 4.79 Å². The Morgan fingerprint density at radius 1 is 1.05 bits per heavy atom. The topological polar surface area (TPSA) is 89.3 Å². The van der Waals surface area contributed by atoms with Crippen LogP contribution in [0.2, 0.25) is 0 Å².